The number of anilines is 1. The van der Waals surface area contributed by atoms with Crippen LogP contribution in [0.25, 0.3) is 0 Å². The SMILES string of the molecule is COc1ccc(C(=O)Oc2ccc(/C=N\NC(=O)C(=O)Nc3ccccc3C(=O)N3CCOCC3)cc2OC)cc1. The van der Waals surface area contributed by atoms with E-state index in [1.165, 1.54) is 32.6 Å². The lowest BCUT2D eigenvalue weighted by Crippen LogP contribution is -2.41. The van der Waals surface area contributed by atoms with Crippen LogP contribution in [0.2, 0.25) is 0 Å². The average Bonchev–Trinajstić information content (AvgIpc) is 3.01. The van der Waals surface area contributed by atoms with E-state index in [1.54, 1.807) is 59.5 Å². The average molecular weight is 561 g/mol. The fourth-order valence-corrected chi connectivity index (χ4v) is 3.85. The molecular weight excluding hydrogens is 532 g/mol. The second kappa shape index (κ2) is 13.7. The Morgan fingerprint density at radius 3 is 2.32 bits per heavy atom. The van der Waals surface area contributed by atoms with E-state index in [-0.39, 0.29) is 28.7 Å². The van der Waals surface area contributed by atoms with Crippen molar-refractivity contribution in [3.05, 3.63) is 83.4 Å². The third-order valence-electron chi connectivity index (χ3n) is 6.01. The molecule has 1 fully saturated rings. The zero-order valence-corrected chi connectivity index (χ0v) is 22.4. The molecule has 212 valence electrons. The van der Waals surface area contributed by atoms with Crippen molar-refractivity contribution in [2.24, 2.45) is 5.10 Å². The summed E-state index contributed by atoms with van der Waals surface area (Å²) in [4.78, 5) is 51.8. The highest BCUT2D eigenvalue weighted by Gasteiger charge is 2.23. The van der Waals surface area contributed by atoms with E-state index in [4.69, 9.17) is 18.9 Å². The number of nitrogens with zero attached hydrogens (tertiary/aromatic N) is 2. The van der Waals surface area contributed by atoms with Crippen molar-refractivity contribution in [3.63, 3.8) is 0 Å². The van der Waals surface area contributed by atoms with E-state index in [0.29, 0.717) is 43.2 Å². The van der Waals surface area contributed by atoms with Crippen LogP contribution in [0.5, 0.6) is 17.2 Å². The van der Waals surface area contributed by atoms with Gasteiger partial charge in [0.25, 0.3) is 5.91 Å². The van der Waals surface area contributed by atoms with Crippen LogP contribution in [0.1, 0.15) is 26.3 Å². The Balaban J connectivity index is 1.35. The van der Waals surface area contributed by atoms with E-state index >= 15 is 0 Å². The summed E-state index contributed by atoms with van der Waals surface area (Å²) in [6.45, 7) is 1.74. The molecule has 0 bridgehead atoms. The molecule has 41 heavy (non-hydrogen) atoms. The first-order chi connectivity index (χ1) is 19.9. The standard InChI is InChI=1S/C29H28N4O8/c1-38-21-10-8-20(9-11-21)29(37)41-24-12-7-19(17-25(24)39-2)18-30-32-27(35)26(34)31-23-6-4-3-5-22(23)28(36)33-13-15-40-16-14-33/h3-12,17-18H,13-16H2,1-2H3,(H,31,34)(H,32,35)/b30-18-. The van der Waals surface area contributed by atoms with Crippen LogP contribution in [-0.2, 0) is 14.3 Å². The number of hydrogen-bond acceptors (Lipinski definition) is 9. The molecule has 0 saturated carbocycles. The molecule has 1 heterocycles. The normalized spacial score (nSPS) is 12.9. The number of rotatable bonds is 8. The van der Waals surface area contributed by atoms with Gasteiger partial charge in [-0.15, -0.1) is 0 Å². The number of ether oxygens (including phenoxy) is 4. The van der Waals surface area contributed by atoms with Gasteiger partial charge in [0.15, 0.2) is 11.5 Å². The van der Waals surface area contributed by atoms with E-state index in [9.17, 15) is 19.2 Å². The molecule has 1 aliphatic rings. The zero-order valence-electron chi connectivity index (χ0n) is 22.4. The molecule has 1 aliphatic heterocycles. The molecule has 12 nitrogen and oxygen atoms in total. The lowest BCUT2D eigenvalue weighted by molar-refractivity contribution is -0.136. The fourth-order valence-electron chi connectivity index (χ4n) is 3.85. The maximum atomic E-state index is 12.9. The van der Waals surface area contributed by atoms with Gasteiger partial charge in [-0.2, -0.15) is 5.10 Å². The fraction of sp³-hybridized carbons (Fsp3) is 0.207. The molecule has 4 rings (SSSR count). The summed E-state index contributed by atoms with van der Waals surface area (Å²) >= 11 is 0. The van der Waals surface area contributed by atoms with Crippen molar-refractivity contribution >= 4 is 35.6 Å². The minimum Gasteiger partial charge on any atom is -0.497 e. The van der Waals surface area contributed by atoms with Gasteiger partial charge in [-0.25, -0.2) is 10.2 Å². The van der Waals surface area contributed by atoms with Gasteiger partial charge in [-0.05, 0) is 60.2 Å². The minimum absolute atomic E-state index is 0.180. The van der Waals surface area contributed by atoms with E-state index in [1.807, 2.05) is 0 Å². The van der Waals surface area contributed by atoms with Crippen LogP contribution in [-0.4, -0.2) is 75.3 Å². The van der Waals surface area contributed by atoms with Crippen LogP contribution in [0.4, 0.5) is 5.69 Å². The van der Waals surface area contributed by atoms with Gasteiger partial charge < -0.3 is 29.2 Å². The molecule has 3 amide bonds. The summed E-state index contributed by atoms with van der Waals surface area (Å²) in [5.41, 5.74) is 3.44. The van der Waals surface area contributed by atoms with Crippen molar-refractivity contribution in [1.29, 1.82) is 0 Å². The van der Waals surface area contributed by atoms with Crippen molar-refractivity contribution in [2.45, 2.75) is 0 Å². The molecule has 0 radical (unpaired) electrons. The Bertz CT molecular complexity index is 1450. The summed E-state index contributed by atoms with van der Waals surface area (Å²) in [7, 11) is 2.94. The molecule has 3 aromatic rings. The number of methoxy groups -OCH3 is 2. The quantitative estimate of drug-likeness (QED) is 0.141. The molecule has 0 atom stereocenters. The molecule has 2 N–H and O–H groups in total. The van der Waals surface area contributed by atoms with Gasteiger partial charge in [0.05, 0.1) is 50.5 Å². The Morgan fingerprint density at radius 2 is 1.61 bits per heavy atom. The molecule has 0 aliphatic carbocycles. The summed E-state index contributed by atoms with van der Waals surface area (Å²) < 4.78 is 21.1. The summed E-state index contributed by atoms with van der Waals surface area (Å²) in [6.07, 6.45) is 1.29. The van der Waals surface area contributed by atoms with Crippen LogP contribution < -0.4 is 25.0 Å². The first-order valence-corrected chi connectivity index (χ1v) is 12.5. The van der Waals surface area contributed by atoms with Gasteiger partial charge in [0, 0.05) is 13.1 Å². The van der Waals surface area contributed by atoms with Crippen molar-refractivity contribution in [2.75, 3.05) is 45.8 Å². The summed E-state index contributed by atoms with van der Waals surface area (Å²) in [5.74, 6) is -1.85. The molecule has 12 heteroatoms. The first-order valence-electron chi connectivity index (χ1n) is 12.5. The number of morpholine rings is 1. The van der Waals surface area contributed by atoms with Gasteiger partial charge >= 0.3 is 17.8 Å². The second-order valence-corrected chi connectivity index (χ2v) is 8.63. The number of esters is 1. The van der Waals surface area contributed by atoms with Crippen molar-refractivity contribution in [1.82, 2.24) is 10.3 Å². The van der Waals surface area contributed by atoms with Gasteiger partial charge in [-0.3, -0.25) is 14.4 Å². The Morgan fingerprint density at radius 1 is 0.878 bits per heavy atom. The predicted octanol–water partition coefficient (Wildman–Crippen LogP) is 2.48. The minimum atomic E-state index is -1.04. The molecule has 0 spiro atoms. The van der Waals surface area contributed by atoms with E-state index < -0.39 is 17.8 Å². The third kappa shape index (κ3) is 7.46. The summed E-state index contributed by atoms with van der Waals surface area (Å²) in [6, 6.07) is 17.5. The molecule has 3 aromatic carbocycles. The van der Waals surface area contributed by atoms with Crippen LogP contribution in [0.3, 0.4) is 0 Å². The van der Waals surface area contributed by atoms with Gasteiger partial charge in [0.2, 0.25) is 0 Å². The largest absolute Gasteiger partial charge is 0.497 e. The number of carbonyl (C=O) groups excluding carboxylic acids is 4. The maximum Gasteiger partial charge on any atom is 0.343 e. The van der Waals surface area contributed by atoms with Crippen LogP contribution in [0, 0.1) is 0 Å². The predicted molar refractivity (Wildman–Crippen MR) is 148 cm³/mol. The highest BCUT2D eigenvalue weighted by molar-refractivity contribution is 6.40. The Kier molecular flexibility index (Phi) is 9.62. The number of nitrogens with one attached hydrogen (secondary N) is 2. The number of benzene rings is 3. The molecule has 0 unspecified atom stereocenters. The van der Waals surface area contributed by atoms with Crippen LogP contribution in [0.15, 0.2) is 71.8 Å². The van der Waals surface area contributed by atoms with Crippen LogP contribution >= 0.6 is 0 Å². The molecule has 0 aromatic heterocycles. The van der Waals surface area contributed by atoms with E-state index in [2.05, 4.69) is 15.8 Å². The summed E-state index contributed by atoms with van der Waals surface area (Å²) in [5, 5.41) is 6.28. The number of para-hydroxylation sites is 1. The highest BCUT2D eigenvalue weighted by Crippen LogP contribution is 2.28. The molecular formula is C29H28N4O8. The maximum absolute atomic E-state index is 12.9. The smallest absolute Gasteiger partial charge is 0.343 e. The van der Waals surface area contributed by atoms with Crippen molar-refractivity contribution < 1.29 is 38.1 Å². The van der Waals surface area contributed by atoms with Gasteiger partial charge in [0.1, 0.15) is 5.75 Å². The second-order valence-electron chi connectivity index (χ2n) is 8.63. The Hall–Kier alpha value is -5.23. The number of hydrazone groups is 1. The lowest BCUT2D eigenvalue weighted by atomic mass is 10.1. The monoisotopic (exact) mass is 560 g/mol. The van der Waals surface area contributed by atoms with Crippen molar-refractivity contribution in [3.8, 4) is 17.2 Å². The number of hydrogen-bond donors (Lipinski definition) is 2. The Labute approximate surface area is 235 Å². The third-order valence-corrected chi connectivity index (χ3v) is 6.01. The first kappa shape index (κ1) is 28.8. The van der Waals surface area contributed by atoms with Gasteiger partial charge in [-0.1, -0.05) is 12.1 Å². The highest BCUT2D eigenvalue weighted by atomic mass is 16.6. The topological polar surface area (TPSA) is 145 Å². The van der Waals surface area contributed by atoms with E-state index in [0.717, 1.165) is 0 Å². The molecule has 1 saturated heterocycles. The lowest BCUT2D eigenvalue weighted by Gasteiger charge is -2.27. The zero-order chi connectivity index (χ0) is 29.2. The number of amides is 3. The number of carbonyl (C=O) groups is 4.